The van der Waals surface area contributed by atoms with E-state index in [2.05, 4.69) is 17.0 Å². The van der Waals surface area contributed by atoms with E-state index in [4.69, 9.17) is 0 Å². The van der Waals surface area contributed by atoms with E-state index in [1.807, 2.05) is 55.1 Å². The second-order valence-electron chi connectivity index (χ2n) is 4.11. The number of rotatable bonds is 3. The van der Waals surface area contributed by atoms with E-state index in [0.29, 0.717) is 6.54 Å². The van der Waals surface area contributed by atoms with Gasteiger partial charge in [-0.25, -0.2) is 4.99 Å². The largest absolute Gasteiger partial charge is 0.349 e. The lowest BCUT2D eigenvalue weighted by Crippen LogP contribution is -2.35. The van der Waals surface area contributed by atoms with Crippen molar-refractivity contribution in [1.29, 1.82) is 0 Å². The monoisotopic (exact) mass is 223 g/mol. The molecule has 0 aliphatic heterocycles. The molecule has 90 valence electrons. The highest BCUT2D eigenvalue weighted by Crippen LogP contribution is 2.01. The fourth-order valence-corrected chi connectivity index (χ4v) is 1.51. The van der Waals surface area contributed by atoms with Gasteiger partial charge >= 0.3 is 0 Å². The van der Waals surface area contributed by atoms with Crippen molar-refractivity contribution in [3.8, 4) is 0 Å². The van der Waals surface area contributed by atoms with Crippen molar-refractivity contribution in [2.75, 3.05) is 28.2 Å². The van der Waals surface area contributed by atoms with Gasteiger partial charge in [0.2, 0.25) is 0 Å². The molecule has 0 aliphatic carbocycles. The summed E-state index contributed by atoms with van der Waals surface area (Å²) in [5.41, 5.74) is 1.14. The van der Waals surface area contributed by atoms with Crippen LogP contribution >= 0.6 is 0 Å². The molecule has 16 heavy (non-hydrogen) atoms. The highest BCUT2D eigenvalue weighted by atomic mass is 15.3. The minimum absolute atomic E-state index is 0.672. The fourth-order valence-electron chi connectivity index (χ4n) is 1.51. The van der Waals surface area contributed by atoms with E-state index in [1.54, 1.807) is 0 Å². The molecule has 1 aromatic heterocycles. The first-order chi connectivity index (χ1) is 7.54. The Bertz CT molecular complexity index is 341. The van der Waals surface area contributed by atoms with Crippen molar-refractivity contribution >= 4 is 5.96 Å². The van der Waals surface area contributed by atoms with Crippen LogP contribution in [-0.2, 0) is 13.1 Å². The molecule has 0 fully saturated rings. The highest BCUT2D eigenvalue weighted by Gasteiger charge is 2.04. The summed E-state index contributed by atoms with van der Waals surface area (Å²) in [6.07, 6.45) is 3.91. The molecule has 0 N–H and O–H groups in total. The van der Waals surface area contributed by atoms with Crippen LogP contribution in [0, 0.1) is 0 Å². The summed E-state index contributed by atoms with van der Waals surface area (Å²) < 4.78 is 1.91. The maximum absolute atomic E-state index is 4.56. The molecule has 0 atom stereocenters. The van der Waals surface area contributed by atoms with Gasteiger partial charge < -0.3 is 9.80 Å². The van der Waals surface area contributed by atoms with Gasteiger partial charge in [0.25, 0.3) is 0 Å². The number of aliphatic imine (C=N–C) groups is 1. The smallest absolute Gasteiger partial charge is 0.195 e. The normalized spacial score (nSPS) is 10.1. The molecular formula is C11H21N5. The minimum Gasteiger partial charge on any atom is -0.349 e. The van der Waals surface area contributed by atoms with E-state index in [9.17, 15) is 0 Å². The Morgan fingerprint density at radius 1 is 1.31 bits per heavy atom. The lowest BCUT2D eigenvalue weighted by molar-refractivity contribution is 0.479. The predicted octanol–water partition coefficient (Wildman–Crippen LogP) is 0.882. The minimum atomic E-state index is 0.672. The Morgan fingerprint density at radius 3 is 2.38 bits per heavy atom. The van der Waals surface area contributed by atoms with Gasteiger partial charge in [0.1, 0.15) is 0 Å². The number of guanidine groups is 1. The van der Waals surface area contributed by atoms with E-state index >= 15 is 0 Å². The Hall–Kier alpha value is -1.52. The van der Waals surface area contributed by atoms with E-state index in [-0.39, 0.29) is 0 Å². The van der Waals surface area contributed by atoms with Crippen LogP contribution in [-0.4, -0.2) is 53.7 Å². The molecule has 0 saturated heterocycles. The van der Waals surface area contributed by atoms with Crippen LogP contribution in [0.2, 0.25) is 0 Å². The Morgan fingerprint density at radius 2 is 1.94 bits per heavy atom. The molecule has 0 aliphatic rings. The van der Waals surface area contributed by atoms with Crippen LogP contribution in [0.4, 0.5) is 0 Å². The molecule has 0 bridgehead atoms. The summed E-state index contributed by atoms with van der Waals surface area (Å²) in [5.74, 6) is 0.962. The van der Waals surface area contributed by atoms with E-state index in [0.717, 1.165) is 18.1 Å². The fraction of sp³-hybridized carbons (Fsp3) is 0.636. The zero-order valence-electron chi connectivity index (χ0n) is 10.8. The van der Waals surface area contributed by atoms with Crippen molar-refractivity contribution in [3.63, 3.8) is 0 Å². The quantitative estimate of drug-likeness (QED) is 0.564. The molecule has 0 saturated carbocycles. The van der Waals surface area contributed by atoms with Gasteiger partial charge in [-0.15, -0.1) is 0 Å². The summed E-state index contributed by atoms with van der Waals surface area (Å²) in [7, 11) is 7.98. The molecule has 0 amide bonds. The maximum Gasteiger partial charge on any atom is 0.195 e. The third-order valence-electron chi connectivity index (χ3n) is 2.21. The molecule has 5 heteroatoms. The molecule has 0 spiro atoms. The molecule has 1 aromatic rings. The lowest BCUT2D eigenvalue weighted by atomic mass is 10.4. The predicted molar refractivity (Wildman–Crippen MR) is 66.4 cm³/mol. The van der Waals surface area contributed by atoms with Crippen LogP contribution in [0.15, 0.2) is 17.4 Å². The summed E-state index contributed by atoms with van der Waals surface area (Å²) in [6.45, 7) is 3.65. The first-order valence-corrected chi connectivity index (χ1v) is 5.45. The van der Waals surface area contributed by atoms with Crippen molar-refractivity contribution in [2.24, 2.45) is 4.99 Å². The van der Waals surface area contributed by atoms with Crippen LogP contribution in [0.25, 0.3) is 0 Å². The summed E-state index contributed by atoms with van der Waals surface area (Å²) in [5, 5.41) is 4.22. The van der Waals surface area contributed by atoms with Gasteiger partial charge in [-0.05, 0) is 6.92 Å². The molecule has 0 unspecified atom stereocenters. The zero-order chi connectivity index (χ0) is 12.1. The van der Waals surface area contributed by atoms with Crippen LogP contribution in [0.3, 0.4) is 0 Å². The second kappa shape index (κ2) is 5.53. The van der Waals surface area contributed by atoms with Crippen molar-refractivity contribution < 1.29 is 0 Å². The molecule has 0 aromatic carbocycles. The van der Waals surface area contributed by atoms with E-state index in [1.165, 1.54) is 0 Å². The Balaban J connectivity index is 2.69. The first-order valence-electron chi connectivity index (χ1n) is 5.45. The Labute approximate surface area is 97.4 Å². The van der Waals surface area contributed by atoms with Gasteiger partial charge in [0.05, 0.1) is 12.7 Å². The average molecular weight is 223 g/mol. The molecule has 0 radical (unpaired) electrons. The third-order valence-corrected chi connectivity index (χ3v) is 2.21. The Kier molecular flexibility index (Phi) is 4.34. The van der Waals surface area contributed by atoms with Gasteiger partial charge in [0.15, 0.2) is 5.96 Å². The summed E-state index contributed by atoms with van der Waals surface area (Å²) >= 11 is 0. The van der Waals surface area contributed by atoms with Crippen molar-refractivity contribution in [2.45, 2.75) is 20.0 Å². The number of nitrogens with zero attached hydrogens (tertiary/aromatic N) is 5. The van der Waals surface area contributed by atoms with Gasteiger partial charge in [-0.3, -0.25) is 4.68 Å². The van der Waals surface area contributed by atoms with Crippen LogP contribution in [0.5, 0.6) is 0 Å². The van der Waals surface area contributed by atoms with Crippen molar-refractivity contribution in [3.05, 3.63) is 18.0 Å². The number of hydrogen-bond donors (Lipinski definition) is 0. The number of aromatic nitrogens is 2. The standard InChI is InChI=1S/C11H21N5/c1-6-16-9-10(8-13-16)7-12-11(14(2)3)15(4)5/h8-9H,6-7H2,1-5H3. The van der Waals surface area contributed by atoms with Gasteiger partial charge in [-0.1, -0.05) is 0 Å². The lowest BCUT2D eigenvalue weighted by Gasteiger charge is -2.22. The number of aryl methyl sites for hydroxylation is 1. The SMILES string of the molecule is CCn1cc(CN=C(N(C)C)N(C)C)cn1. The van der Waals surface area contributed by atoms with Crippen LogP contribution < -0.4 is 0 Å². The van der Waals surface area contributed by atoms with Gasteiger partial charge in [0, 0.05) is 46.5 Å². The summed E-state index contributed by atoms with van der Waals surface area (Å²) in [6, 6.07) is 0. The number of hydrogen-bond acceptors (Lipinski definition) is 2. The molecule has 1 heterocycles. The average Bonchev–Trinajstić information content (AvgIpc) is 2.65. The molecule has 5 nitrogen and oxygen atoms in total. The topological polar surface area (TPSA) is 36.7 Å². The van der Waals surface area contributed by atoms with E-state index < -0.39 is 0 Å². The van der Waals surface area contributed by atoms with Crippen molar-refractivity contribution in [1.82, 2.24) is 19.6 Å². The third kappa shape index (κ3) is 3.25. The second-order valence-corrected chi connectivity index (χ2v) is 4.11. The molecule has 1 rings (SSSR count). The van der Waals surface area contributed by atoms with Gasteiger partial charge in [-0.2, -0.15) is 5.10 Å². The first kappa shape index (κ1) is 12.5. The molecular weight excluding hydrogens is 202 g/mol. The highest BCUT2D eigenvalue weighted by molar-refractivity contribution is 5.79. The summed E-state index contributed by atoms with van der Waals surface area (Å²) in [4.78, 5) is 8.56. The maximum atomic E-state index is 4.56. The van der Waals surface area contributed by atoms with Crippen LogP contribution in [0.1, 0.15) is 12.5 Å². The zero-order valence-corrected chi connectivity index (χ0v) is 10.8.